The highest BCUT2D eigenvalue weighted by molar-refractivity contribution is 7.99. The van der Waals surface area contributed by atoms with Crippen LogP contribution in [0.2, 0.25) is 0 Å². The molecule has 0 bridgehead atoms. The molecule has 0 spiro atoms. The Labute approximate surface area is 129 Å². The maximum absolute atomic E-state index is 11.9. The molecule has 0 saturated heterocycles. The zero-order chi connectivity index (χ0) is 15.2. The first-order valence-corrected chi connectivity index (χ1v) is 7.95. The molecule has 0 aliphatic heterocycles. The molecule has 1 N–H and O–H groups in total. The lowest BCUT2D eigenvalue weighted by molar-refractivity contribution is -0.113. The van der Waals surface area contributed by atoms with Crippen molar-refractivity contribution in [2.75, 3.05) is 11.1 Å². The third kappa shape index (κ3) is 4.32. The van der Waals surface area contributed by atoms with Gasteiger partial charge in [-0.3, -0.25) is 4.79 Å². The van der Waals surface area contributed by atoms with E-state index in [4.69, 9.17) is 0 Å². The fourth-order valence-corrected chi connectivity index (χ4v) is 2.55. The van der Waals surface area contributed by atoms with E-state index in [-0.39, 0.29) is 5.91 Å². The van der Waals surface area contributed by atoms with E-state index in [1.165, 1.54) is 17.3 Å². The summed E-state index contributed by atoms with van der Waals surface area (Å²) < 4.78 is 1.79. The second-order valence-corrected chi connectivity index (χ2v) is 5.94. The van der Waals surface area contributed by atoms with E-state index in [1.807, 2.05) is 19.2 Å². The Morgan fingerprint density at radius 1 is 1.38 bits per heavy atom. The minimum absolute atomic E-state index is 0.0423. The maximum atomic E-state index is 11.9. The lowest BCUT2D eigenvalue weighted by Crippen LogP contribution is -2.14. The third-order valence-corrected chi connectivity index (χ3v) is 4.41. The number of thioether (sulfide) groups is 1. The van der Waals surface area contributed by atoms with Gasteiger partial charge in [0.15, 0.2) is 5.16 Å². The maximum Gasteiger partial charge on any atom is 0.234 e. The summed E-state index contributed by atoms with van der Waals surface area (Å²) in [6.45, 7) is 4.37. The lowest BCUT2D eigenvalue weighted by Gasteiger charge is -2.10. The van der Waals surface area contributed by atoms with E-state index in [1.54, 1.807) is 10.9 Å². The van der Waals surface area contributed by atoms with Crippen molar-refractivity contribution in [3.05, 3.63) is 36.2 Å². The zero-order valence-electron chi connectivity index (χ0n) is 12.5. The average molecular weight is 304 g/mol. The van der Waals surface area contributed by atoms with Gasteiger partial charge in [0.25, 0.3) is 0 Å². The molecule has 5 nitrogen and oxygen atoms in total. The number of nitrogens with zero attached hydrogens (tertiary/aromatic N) is 3. The van der Waals surface area contributed by atoms with Crippen LogP contribution in [-0.4, -0.2) is 26.4 Å². The predicted octanol–water partition coefficient (Wildman–Crippen LogP) is 3.06. The molecule has 2 rings (SSSR count). The Kier molecular flexibility index (Phi) is 5.38. The fraction of sp³-hybridized carbons (Fsp3) is 0.400. The molecule has 0 fully saturated rings. The number of anilines is 1. The van der Waals surface area contributed by atoms with E-state index in [0.717, 1.165) is 17.3 Å². The number of nitrogens with one attached hydrogen (secondary N) is 1. The first-order chi connectivity index (χ1) is 10.1. The van der Waals surface area contributed by atoms with E-state index < -0.39 is 0 Å². The number of benzene rings is 1. The number of hydrogen-bond acceptors (Lipinski definition) is 4. The van der Waals surface area contributed by atoms with Crippen molar-refractivity contribution in [2.24, 2.45) is 7.05 Å². The standard InChI is InChI=1S/C15H20N4OS/c1-4-11(2)12-5-7-13(8-6-12)17-14(20)9-21-15-18-16-10-19(15)3/h5-8,10-11H,4,9H2,1-3H3,(H,17,20). The first-order valence-electron chi connectivity index (χ1n) is 6.96. The second kappa shape index (κ2) is 7.26. The molecule has 1 unspecified atom stereocenters. The van der Waals surface area contributed by atoms with Crippen molar-refractivity contribution in [3.8, 4) is 0 Å². The Morgan fingerprint density at radius 2 is 2.10 bits per heavy atom. The van der Waals surface area contributed by atoms with Crippen LogP contribution < -0.4 is 5.32 Å². The van der Waals surface area contributed by atoms with Crippen LogP contribution in [0.5, 0.6) is 0 Å². The molecule has 0 radical (unpaired) electrons. The summed E-state index contributed by atoms with van der Waals surface area (Å²) in [6, 6.07) is 8.04. The molecule has 112 valence electrons. The monoisotopic (exact) mass is 304 g/mol. The summed E-state index contributed by atoms with van der Waals surface area (Å²) in [4.78, 5) is 11.9. The largest absolute Gasteiger partial charge is 0.325 e. The van der Waals surface area contributed by atoms with Crippen LogP contribution in [0.15, 0.2) is 35.7 Å². The van der Waals surface area contributed by atoms with E-state index in [0.29, 0.717) is 11.7 Å². The molecule has 0 aliphatic rings. The van der Waals surface area contributed by atoms with Gasteiger partial charge in [-0.25, -0.2) is 0 Å². The van der Waals surface area contributed by atoms with Crippen molar-refractivity contribution in [3.63, 3.8) is 0 Å². The van der Waals surface area contributed by atoms with Gasteiger partial charge in [-0.15, -0.1) is 10.2 Å². The summed E-state index contributed by atoms with van der Waals surface area (Å²) >= 11 is 1.37. The van der Waals surface area contributed by atoms with Gasteiger partial charge in [-0.05, 0) is 30.0 Å². The number of rotatable bonds is 6. The SMILES string of the molecule is CCC(C)c1ccc(NC(=O)CSc2nncn2C)cc1. The fourth-order valence-electron chi connectivity index (χ4n) is 1.86. The molecule has 2 aromatic rings. The summed E-state index contributed by atoms with van der Waals surface area (Å²) in [5, 5.41) is 11.3. The second-order valence-electron chi connectivity index (χ2n) is 4.99. The molecular weight excluding hydrogens is 284 g/mol. The first kappa shape index (κ1) is 15.6. The molecule has 1 amide bonds. The van der Waals surface area contributed by atoms with Crippen molar-refractivity contribution < 1.29 is 4.79 Å². The summed E-state index contributed by atoms with van der Waals surface area (Å²) in [7, 11) is 1.86. The van der Waals surface area contributed by atoms with Crippen molar-refractivity contribution >= 4 is 23.4 Å². The number of amides is 1. The van der Waals surface area contributed by atoms with E-state index >= 15 is 0 Å². The Bertz CT molecular complexity index is 594. The van der Waals surface area contributed by atoms with Crippen molar-refractivity contribution in [2.45, 2.75) is 31.3 Å². The molecule has 1 aromatic heterocycles. The van der Waals surface area contributed by atoms with Gasteiger partial charge < -0.3 is 9.88 Å². The molecule has 0 saturated carbocycles. The highest BCUT2D eigenvalue weighted by atomic mass is 32.2. The highest BCUT2D eigenvalue weighted by Gasteiger charge is 2.08. The number of carbonyl (C=O) groups is 1. The topological polar surface area (TPSA) is 59.8 Å². The smallest absolute Gasteiger partial charge is 0.234 e. The molecule has 0 aliphatic carbocycles. The van der Waals surface area contributed by atoms with Gasteiger partial charge in [0, 0.05) is 12.7 Å². The zero-order valence-corrected chi connectivity index (χ0v) is 13.4. The Morgan fingerprint density at radius 3 is 2.67 bits per heavy atom. The normalized spacial score (nSPS) is 12.1. The summed E-state index contributed by atoms with van der Waals surface area (Å²) in [5.41, 5.74) is 2.12. The van der Waals surface area contributed by atoms with Crippen LogP contribution in [0, 0.1) is 0 Å². The molecule has 1 atom stereocenters. The van der Waals surface area contributed by atoms with Gasteiger partial charge in [-0.1, -0.05) is 37.7 Å². The molecule has 6 heteroatoms. The van der Waals surface area contributed by atoms with Crippen LogP contribution in [0.4, 0.5) is 5.69 Å². The Hall–Kier alpha value is -1.82. The van der Waals surface area contributed by atoms with Gasteiger partial charge in [0.1, 0.15) is 6.33 Å². The van der Waals surface area contributed by atoms with Gasteiger partial charge in [0.2, 0.25) is 5.91 Å². The minimum Gasteiger partial charge on any atom is -0.325 e. The van der Waals surface area contributed by atoms with Crippen molar-refractivity contribution in [1.29, 1.82) is 0 Å². The molecule has 1 heterocycles. The van der Waals surface area contributed by atoms with Crippen LogP contribution in [-0.2, 0) is 11.8 Å². The molecular formula is C15H20N4OS. The number of hydrogen-bond donors (Lipinski definition) is 1. The lowest BCUT2D eigenvalue weighted by atomic mass is 9.99. The van der Waals surface area contributed by atoms with Gasteiger partial charge in [-0.2, -0.15) is 0 Å². The van der Waals surface area contributed by atoms with E-state index in [2.05, 4.69) is 41.5 Å². The van der Waals surface area contributed by atoms with E-state index in [9.17, 15) is 4.79 Å². The van der Waals surface area contributed by atoms with Crippen molar-refractivity contribution in [1.82, 2.24) is 14.8 Å². The summed E-state index contributed by atoms with van der Waals surface area (Å²) in [6.07, 6.45) is 2.73. The number of aromatic nitrogens is 3. The quantitative estimate of drug-likeness (QED) is 0.833. The Balaban J connectivity index is 1.86. The van der Waals surface area contributed by atoms with Gasteiger partial charge in [0.05, 0.1) is 5.75 Å². The molecule has 1 aromatic carbocycles. The highest BCUT2D eigenvalue weighted by Crippen LogP contribution is 2.21. The minimum atomic E-state index is -0.0423. The van der Waals surface area contributed by atoms with Crippen LogP contribution in [0.1, 0.15) is 31.7 Å². The summed E-state index contributed by atoms with van der Waals surface area (Å²) in [5.74, 6) is 0.820. The predicted molar refractivity (Wildman–Crippen MR) is 85.5 cm³/mol. The average Bonchev–Trinajstić information content (AvgIpc) is 2.90. The number of carbonyl (C=O) groups excluding carboxylic acids is 1. The third-order valence-electron chi connectivity index (χ3n) is 3.38. The van der Waals surface area contributed by atoms with Crippen LogP contribution in [0.3, 0.4) is 0 Å². The number of aryl methyl sites for hydroxylation is 1. The van der Waals surface area contributed by atoms with Gasteiger partial charge >= 0.3 is 0 Å². The molecule has 21 heavy (non-hydrogen) atoms. The van der Waals surface area contributed by atoms with Crippen LogP contribution >= 0.6 is 11.8 Å². The van der Waals surface area contributed by atoms with Crippen LogP contribution in [0.25, 0.3) is 0 Å².